The largest absolute Gasteiger partial charge is 0.356 e. The lowest BCUT2D eigenvalue weighted by atomic mass is 9.94. The third-order valence-corrected chi connectivity index (χ3v) is 5.41. The van der Waals surface area contributed by atoms with Crippen molar-refractivity contribution in [2.75, 3.05) is 6.54 Å². The van der Waals surface area contributed by atoms with Crippen molar-refractivity contribution in [3.8, 4) is 0 Å². The molecule has 1 amide bonds. The number of aryl methyl sites for hydroxylation is 2. The van der Waals surface area contributed by atoms with Crippen LogP contribution in [0.25, 0.3) is 0 Å². The molecule has 0 radical (unpaired) electrons. The first-order valence-corrected chi connectivity index (χ1v) is 8.62. The zero-order valence-electron chi connectivity index (χ0n) is 12.9. The van der Waals surface area contributed by atoms with Gasteiger partial charge >= 0.3 is 0 Å². The van der Waals surface area contributed by atoms with E-state index < -0.39 is 0 Å². The lowest BCUT2D eigenvalue weighted by molar-refractivity contribution is -0.122. The summed E-state index contributed by atoms with van der Waals surface area (Å²) in [6.45, 7) is 7.19. The molecule has 1 heterocycles. The number of rotatable bonds is 6. The van der Waals surface area contributed by atoms with Crippen molar-refractivity contribution in [2.45, 2.75) is 59.3 Å². The summed E-state index contributed by atoms with van der Waals surface area (Å²) >= 11 is 1.84. The molecule has 3 nitrogen and oxygen atoms in total. The highest BCUT2D eigenvalue weighted by Crippen LogP contribution is 2.26. The van der Waals surface area contributed by atoms with E-state index in [1.54, 1.807) is 0 Å². The minimum atomic E-state index is 0.174. The second-order valence-electron chi connectivity index (χ2n) is 6.21. The van der Waals surface area contributed by atoms with Gasteiger partial charge in [-0.1, -0.05) is 20.8 Å². The smallest absolute Gasteiger partial charge is 0.220 e. The first kappa shape index (κ1) is 15.5. The Morgan fingerprint density at radius 3 is 2.75 bits per heavy atom. The standard InChI is InChI=1S/C16H26N2OS/c1-11(2)12(3)10-15(19)17-9-8-16-18-13-6-4-5-7-14(13)20-16/h11-12H,4-10H2,1-3H3,(H,17,19). The Labute approximate surface area is 126 Å². The van der Waals surface area contributed by atoms with Gasteiger partial charge in [0.2, 0.25) is 5.91 Å². The van der Waals surface area contributed by atoms with Gasteiger partial charge in [0.05, 0.1) is 10.7 Å². The van der Waals surface area contributed by atoms with Crippen LogP contribution < -0.4 is 5.32 Å². The lowest BCUT2D eigenvalue weighted by Gasteiger charge is -2.14. The zero-order chi connectivity index (χ0) is 14.5. The van der Waals surface area contributed by atoms with Crippen LogP contribution in [-0.2, 0) is 24.1 Å². The van der Waals surface area contributed by atoms with E-state index in [0.29, 0.717) is 18.3 Å². The van der Waals surface area contributed by atoms with Crippen molar-refractivity contribution in [3.63, 3.8) is 0 Å². The first-order valence-electron chi connectivity index (χ1n) is 7.80. The van der Waals surface area contributed by atoms with Crippen LogP contribution in [0.1, 0.15) is 55.6 Å². The highest BCUT2D eigenvalue weighted by molar-refractivity contribution is 7.11. The number of aromatic nitrogens is 1. The molecule has 1 aliphatic carbocycles. The van der Waals surface area contributed by atoms with E-state index in [0.717, 1.165) is 19.4 Å². The molecule has 0 aliphatic heterocycles. The van der Waals surface area contributed by atoms with E-state index in [1.165, 1.54) is 34.8 Å². The van der Waals surface area contributed by atoms with E-state index in [4.69, 9.17) is 4.98 Å². The molecule has 112 valence electrons. The third-order valence-electron chi connectivity index (χ3n) is 4.20. The monoisotopic (exact) mass is 294 g/mol. The molecule has 4 heteroatoms. The van der Waals surface area contributed by atoms with Crippen LogP contribution in [-0.4, -0.2) is 17.4 Å². The number of nitrogens with one attached hydrogen (secondary N) is 1. The maximum atomic E-state index is 11.8. The summed E-state index contributed by atoms with van der Waals surface area (Å²) in [7, 11) is 0. The van der Waals surface area contributed by atoms with Crippen molar-refractivity contribution < 1.29 is 4.79 Å². The Balaban J connectivity index is 1.73. The fourth-order valence-corrected chi connectivity index (χ4v) is 3.58. The molecule has 1 aromatic rings. The van der Waals surface area contributed by atoms with Gasteiger partial charge in [-0.2, -0.15) is 0 Å². The number of carbonyl (C=O) groups is 1. The highest BCUT2D eigenvalue weighted by atomic mass is 32.1. The molecule has 2 rings (SSSR count). The SMILES string of the molecule is CC(C)C(C)CC(=O)NCCc1nc2c(s1)CCCC2. The Hall–Kier alpha value is -0.900. The number of hydrogen-bond acceptors (Lipinski definition) is 3. The minimum Gasteiger partial charge on any atom is -0.356 e. The molecule has 0 bridgehead atoms. The summed E-state index contributed by atoms with van der Waals surface area (Å²) in [5.74, 6) is 1.18. The van der Waals surface area contributed by atoms with Gasteiger partial charge in [-0.05, 0) is 37.5 Å². The number of fused-ring (bicyclic) bond motifs is 1. The van der Waals surface area contributed by atoms with Gasteiger partial charge in [0, 0.05) is 24.3 Å². The van der Waals surface area contributed by atoms with Gasteiger partial charge < -0.3 is 5.32 Å². The zero-order valence-corrected chi connectivity index (χ0v) is 13.7. The second kappa shape index (κ2) is 7.21. The van der Waals surface area contributed by atoms with E-state index in [2.05, 4.69) is 26.1 Å². The van der Waals surface area contributed by atoms with E-state index in [-0.39, 0.29) is 5.91 Å². The second-order valence-corrected chi connectivity index (χ2v) is 7.38. The van der Waals surface area contributed by atoms with E-state index >= 15 is 0 Å². The number of amides is 1. The average molecular weight is 294 g/mol. The van der Waals surface area contributed by atoms with E-state index in [1.807, 2.05) is 11.3 Å². The molecule has 0 saturated heterocycles. The maximum Gasteiger partial charge on any atom is 0.220 e. The van der Waals surface area contributed by atoms with E-state index in [9.17, 15) is 4.79 Å². The van der Waals surface area contributed by atoms with Crippen molar-refractivity contribution in [3.05, 3.63) is 15.6 Å². The fraction of sp³-hybridized carbons (Fsp3) is 0.750. The molecule has 0 spiro atoms. The Morgan fingerprint density at radius 2 is 2.05 bits per heavy atom. The van der Waals surface area contributed by atoms with Gasteiger partial charge in [0.1, 0.15) is 0 Å². The topological polar surface area (TPSA) is 42.0 Å². The van der Waals surface area contributed by atoms with Gasteiger partial charge in [-0.3, -0.25) is 4.79 Å². The van der Waals surface area contributed by atoms with Crippen LogP contribution in [0.3, 0.4) is 0 Å². The van der Waals surface area contributed by atoms with Gasteiger partial charge in [-0.25, -0.2) is 4.98 Å². The molecule has 1 N–H and O–H groups in total. The summed E-state index contributed by atoms with van der Waals surface area (Å²) < 4.78 is 0. The molecule has 1 atom stereocenters. The number of thiazole rings is 1. The molecule has 0 fully saturated rings. The highest BCUT2D eigenvalue weighted by Gasteiger charge is 2.15. The molecular formula is C16H26N2OS. The van der Waals surface area contributed by atoms with Crippen LogP contribution >= 0.6 is 11.3 Å². The van der Waals surface area contributed by atoms with Gasteiger partial charge in [-0.15, -0.1) is 11.3 Å². The van der Waals surface area contributed by atoms with Crippen LogP contribution in [0, 0.1) is 11.8 Å². The summed E-state index contributed by atoms with van der Waals surface area (Å²) in [5, 5.41) is 4.21. The van der Waals surface area contributed by atoms with Gasteiger partial charge in [0.15, 0.2) is 0 Å². The molecule has 1 aromatic heterocycles. The predicted octanol–water partition coefficient (Wildman–Crippen LogP) is 3.36. The number of nitrogens with zero attached hydrogens (tertiary/aromatic N) is 1. The molecule has 1 aliphatic rings. The molecule has 20 heavy (non-hydrogen) atoms. The average Bonchev–Trinajstić information content (AvgIpc) is 2.81. The van der Waals surface area contributed by atoms with Crippen molar-refractivity contribution in [1.82, 2.24) is 10.3 Å². The Bertz CT molecular complexity index is 430. The van der Waals surface area contributed by atoms with Crippen LogP contribution in [0.15, 0.2) is 0 Å². The van der Waals surface area contributed by atoms with Crippen LogP contribution in [0.4, 0.5) is 0 Å². The van der Waals surface area contributed by atoms with Crippen molar-refractivity contribution >= 4 is 17.2 Å². The predicted molar refractivity (Wildman–Crippen MR) is 84.1 cm³/mol. The van der Waals surface area contributed by atoms with Gasteiger partial charge in [0.25, 0.3) is 0 Å². The van der Waals surface area contributed by atoms with Crippen molar-refractivity contribution in [2.24, 2.45) is 11.8 Å². The first-order chi connectivity index (χ1) is 9.56. The van der Waals surface area contributed by atoms with Crippen LogP contribution in [0.5, 0.6) is 0 Å². The lowest BCUT2D eigenvalue weighted by Crippen LogP contribution is -2.28. The number of hydrogen-bond donors (Lipinski definition) is 1. The fourth-order valence-electron chi connectivity index (χ4n) is 2.42. The Kier molecular flexibility index (Phi) is 5.58. The van der Waals surface area contributed by atoms with Crippen molar-refractivity contribution in [1.29, 1.82) is 0 Å². The van der Waals surface area contributed by atoms with Crippen LogP contribution in [0.2, 0.25) is 0 Å². The minimum absolute atomic E-state index is 0.174. The summed E-state index contributed by atoms with van der Waals surface area (Å²) in [6.07, 6.45) is 6.43. The summed E-state index contributed by atoms with van der Waals surface area (Å²) in [5.41, 5.74) is 1.32. The number of carbonyl (C=O) groups excluding carboxylic acids is 1. The molecular weight excluding hydrogens is 268 g/mol. The molecule has 0 saturated carbocycles. The third kappa shape index (κ3) is 4.30. The quantitative estimate of drug-likeness (QED) is 0.874. The maximum absolute atomic E-state index is 11.8. The normalized spacial score (nSPS) is 16.0. The molecule has 1 unspecified atom stereocenters. The summed E-state index contributed by atoms with van der Waals surface area (Å²) in [6, 6.07) is 0. The molecule has 0 aromatic carbocycles. The summed E-state index contributed by atoms with van der Waals surface area (Å²) in [4.78, 5) is 18.0. The Morgan fingerprint density at radius 1 is 1.30 bits per heavy atom.